The van der Waals surface area contributed by atoms with Crippen LogP contribution in [0.1, 0.15) is 12.6 Å². The first kappa shape index (κ1) is 8.38. The Morgan fingerprint density at radius 1 is 1.54 bits per heavy atom. The molecule has 0 aliphatic heterocycles. The second-order valence-corrected chi connectivity index (χ2v) is 3.92. The van der Waals surface area contributed by atoms with Crippen molar-refractivity contribution in [1.82, 2.24) is 4.98 Å². The molecule has 0 aliphatic rings. The fraction of sp³-hybridized carbons (Fsp3) is 0.200. The first-order valence-electron chi connectivity index (χ1n) is 4.08. The molecule has 0 radical (unpaired) electrons. The van der Waals surface area contributed by atoms with Gasteiger partial charge >= 0.3 is 0 Å². The Morgan fingerprint density at radius 2 is 2.38 bits per heavy atom. The van der Waals surface area contributed by atoms with Crippen molar-refractivity contribution >= 4 is 27.2 Å². The van der Waals surface area contributed by atoms with Gasteiger partial charge < -0.3 is 0 Å². The summed E-state index contributed by atoms with van der Waals surface area (Å²) in [4.78, 5) is 15.1. The highest BCUT2D eigenvalue weighted by Gasteiger charge is 2.04. The molecule has 3 heteroatoms. The van der Waals surface area contributed by atoms with E-state index in [0.717, 1.165) is 11.1 Å². The number of fused-ring (bicyclic) bond motifs is 1. The number of pyridine rings is 1. The molecule has 0 spiro atoms. The van der Waals surface area contributed by atoms with E-state index in [-0.39, 0.29) is 5.78 Å². The van der Waals surface area contributed by atoms with E-state index in [1.54, 1.807) is 24.5 Å². The Hall–Kier alpha value is -1.22. The van der Waals surface area contributed by atoms with Gasteiger partial charge in [-0.1, -0.05) is 0 Å². The number of hydrogen-bond donors (Lipinski definition) is 0. The molecular weight excluding hydrogens is 182 g/mol. The molecule has 0 amide bonds. The normalized spacial score (nSPS) is 10.5. The molecule has 66 valence electrons. The number of carbonyl (C=O) groups is 1. The molecule has 0 aromatic carbocycles. The number of ketones is 1. The lowest BCUT2D eigenvalue weighted by Gasteiger charge is -1.97. The van der Waals surface area contributed by atoms with Gasteiger partial charge in [-0.15, -0.1) is 11.3 Å². The van der Waals surface area contributed by atoms with Gasteiger partial charge in [-0.25, -0.2) is 0 Å². The van der Waals surface area contributed by atoms with Crippen LogP contribution in [0.25, 0.3) is 10.1 Å². The second kappa shape index (κ2) is 3.26. The molecule has 2 aromatic heterocycles. The Kier molecular flexibility index (Phi) is 2.10. The van der Waals surface area contributed by atoms with Crippen LogP contribution in [0, 0.1) is 0 Å². The van der Waals surface area contributed by atoms with Crippen molar-refractivity contribution in [2.75, 3.05) is 0 Å². The molecule has 0 unspecified atom stereocenters. The van der Waals surface area contributed by atoms with E-state index in [2.05, 4.69) is 4.98 Å². The number of nitrogens with zero attached hydrogens (tertiary/aromatic N) is 1. The van der Waals surface area contributed by atoms with E-state index in [9.17, 15) is 4.79 Å². The third-order valence-corrected chi connectivity index (χ3v) is 2.76. The summed E-state index contributed by atoms with van der Waals surface area (Å²) in [5, 5.41) is 3.14. The highest BCUT2D eigenvalue weighted by molar-refractivity contribution is 7.17. The van der Waals surface area contributed by atoms with Crippen molar-refractivity contribution < 1.29 is 4.79 Å². The monoisotopic (exact) mass is 191 g/mol. The van der Waals surface area contributed by atoms with Crippen molar-refractivity contribution in [3.05, 3.63) is 29.4 Å². The zero-order valence-electron chi connectivity index (χ0n) is 7.28. The van der Waals surface area contributed by atoms with E-state index >= 15 is 0 Å². The Morgan fingerprint density at radius 3 is 3.15 bits per heavy atom. The minimum Gasteiger partial charge on any atom is -0.300 e. The molecule has 0 atom stereocenters. The number of thiophene rings is 1. The van der Waals surface area contributed by atoms with E-state index < -0.39 is 0 Å². The molecule has 0 fully saturated rings. The zero-order chi connectivity index (χ0) is 9.26. The van der Waals surface area contributed by atoms with Gasteiger partial charge in [0, 0.05) is 22.7 Å². The first-order chi connectivity index (χ1) is 6.27. The van der Waals surface area contributed by atoms with Crippen molar-refractivity contribution in [3.8, 4) is 0 Å². The van der Waals surface area contributed by atoms with Gasteiger partial charge in [-0.2, -0.15) is 0 Å². The molecule has 0 N–H and O–H groups in total. The molecule has 2 rings (SSSR count). The molecule has 13 heavy (non-hydrogen) atoms. The predicted molar refractivity (Wildman–Crippen MR) is 54.0 cm³/mol. The minimum atomic E-state index is 0.159. The second-order valence-electron chi connectivity index (χ2n) is 2.97. The maximum Gasteiger partial charge on any atom is 0.135 e. The topological polar surface area (TPSA) is 30.0 Å². The van der Waals surface area contributed by atoms with Crippen molar-refractivity contribution in [2.24, 2.45) is 0 Å². The minimum absolute atomic E-state index is 0.159. The van der Waals surface area contributed by atoms with Crippen LogP contribution < -0.4 is 0 Å². The summed E-state index contributed by atoms with van der Waals surface area (Å²) in [6.07, 6.45) is 2.20. The predicted octanol–water partition coefficient (Wildman–Crippen LogP) is 2.43. The summed E-state index contributed by atoms with van der Waals surface area (Å²) in [6, 6.07) is 3.99. The highest BCUT2D eigenvalue weighted by Crippen LogP contribution is 2.22. The summed E-state index contributed by atoms with van der Waals surface area (Å²) < 4.78 is 1.20. The Balaban J connectivity index is 2.54. The standard InChI is InChI=1S/C10H9NOS/c1-7(12)6-9-8-3-5-13-10(8)2-4-11-9/h2-5H,6H2,1H3. The van der Waals surface area contributed by atoms with Crippen LogP contribution in [0.4, 0.5) is 0 Å². The van der Waals surface area contributed by atoms with Crippen LogP contribution >= 0.6 is 11.3 Å². The quantitative estimate of drug-likeness (QED) is 0.729. The zero-order valence-corrected chi connectivity index (χ0v) is 8.10. The van der Waals surface area contributed by atoms with E-state index in [1.807, 2.05) is 17.5 Å². The number of Topliss-reactive ketones (excluding diaryl/α,β-unsaturated/α-hetero) is 1. The number of carbonyl (C=O) groups excluding carboxylic acids is 1. The number of rotatable bonds is 2. The van der Waals surface area contributed by atoms with Crippen LogP contribution in [-0.2, 0) is 11.2 Å². The van der Waals surface area contributed by atoms with Crippen LogP contribution in [0.3, 0.4) is 0 Å². The maximum absolute atomic E-state index is 10.9. The average molecular weight is 191 g/mol. The first-order valence-corrected chi connectivity index (χ1v) is 4.96. The molecule has 0 bridgehead atoms. The largest absolute Gasteiger partial charge is 0.300 e. The Labute approximate surface area is 80.2 Å². The molecular formula is C10H9NOS. The van der Waals surface area contributed by atoms with Gasteiger partial charge in [0.05, 0.1) is 5.69 Å². The smallest absolute Gasteiger partial charge is 0.135 e. The molecule has 2 heterocycles. The fourth-order valence-corrected chi connectivity index (χ4v) is 2.13. The third-order valence-electron chi connectivity index (χ3n) is 1.88. The van der Waals surface area contributed by atoms with Gasteiger partial charge in [0.1, 0.15) is 5.78 Å². The van der Waals surface area contributed by atoms with Crippen molar-refractivity contribution in [2.45, 2.75) is 13.3 Å². The molecule has 0 saturated carbocycles. The molecule has 0 saturated heterocycles. The number of hydrogen-bond acceptors (Lipinski definition) is 3. The lowest BCUT2D eigenvalue weighted by molar-refractivity contribution is -0.116. The van der Waals surface area contributed by atoms with Gasteiger partial charge in [-0.05, 0) is 24.4 Å². The summed E-state index contributed by atoms with van der Waals surface area (Å²) >= 11 is 1.68. The lowest BCUT2D eigenvalue weighted by atomic mass is 10.1. The SMILES string of the molecule is CC(=O)Cc1nccc2sccc12. The van der Waals surface area contributed by atoms with Gasteiger partial charge in [0.15, 0.2) is 0 Å². The van der Waals surface area contributed by atoms with Gasteiger partial charge in [0.2, 0.25) is 0 Å². The van der Waals surface area contributed by atoms with Crippen molar-refractivity contribution in [1.29, 1.82) is 0 Å². The summed E-state index contributed by atoms with van der Waals surface area (Å²) in [7, 11) is 0. The van der Waals surface area contributed by atoms with E-state index in [0.29, 0.717) is 6.42 Å². The van der Waals surface area contributed by atoms with E-state index in [1.165, 1.54) is 4.70 Å². The van der Waals surface area contributed by atoms with Crippen LogP contribution in [0.5, 0.6) is 0 Å². The number of aromatic nitrogens is 1. The van der Waals surface area contributed by atoms with Crippen LogP contribution in [0.15, 0.2) is 23.7 Å². The summed E-state index contributed by atoms with van der Waals surface area (Å²) in [5.41, 5.74) is 0.895. The van der Waals surface area contributed by atoms with Crippen molar-refractivity contribution in [3.63, 3.8) is 0 Å². The van der Waals surface area contributed by atoms with Crippen LogP contribution in [0.2, 0.25) is 0 Å². The Bertz CT molecular complexity index is 447. The molecule has 0 aliphatic carbocycles. The van der Waals surface area contributed by atoms with Gasteiger partial charge in [0.25, 0.3) is 0 Å². The highest BCUT2D eigenvalue weighted by atomic mass is 32.1. The summed E-state index contributed by atoms with van der Waals surface area (Å²) in [5.74, 6) is 0.159. The van der Waals surface area contributed by atoms with Gasteiger partial charge in [-0.3, -0.25) is 9.78 Å². The third kappa shape index (κ3) is 1.60. The maximum atomic E-state index is 10.9. The molecule has 2 aromatic rings. The van der Waals surface area contributed by atoms with E-state index in [4.69, 9.17) is 0 Å². The fourth-order valence-electron chi connectivity index (χ4n) is 1.33. The van der Waals surface area contributed by atoms with Crippen LogP contribution in [-0.4, -0.2) is 10.8 Å². The molecule has 2 nitrogen and oxygen atoms in total. The average Bonchev–Trinajstić information content (AvgIpc) is 2.51. The summed E-state index contributed by atoms with van der Waals surface area (Å²) in [6.45, 7) is 1.59. The lowest BCUT2D eigenvalue weighted by Crippen LogP contribution is -1.98.